The van der Waals surface area contributed by atoms with Gasteiger partial charge in [-0.25, -0.2) is 26.0 Å². The Morgan fingerprint density at radius 3 is 2.24 bits per heavy atom. The molecule has 0 bridgehead atoms. The number of hydrogen-bond acceptors (Lipinski definition) is 4. The average Bonchev–Trinajstić information content (AvgIpc) is 3.78. The number of benzene rings is 4. The molecule has 5 rings (SSSR count). The van der Waals surface area contributed by atoms with Crippen LogP contribution < -0.4 is 0 Å². The predicted octanol–water partition coefficient (Wildman–Crippen LogP) is 7.18. The van der Waals surface area contributed by atoms with Gasteiger partial charge in [-0.3, -0.25) is 4.79 Å². The SMILES string of the molecule is Cc1ccc(S(=O)(=O)N2C[C@@H]2CCc2c(F)cccc2CC(=O)[C@@H](N=[N+]=[N-])[C@@H](c2ccc(F)cc2)c2cc(F)cc(F)c2)cc1. The second kappa shape index (κ2) is 13.2. The zero-order valence-corrected chi connectivity index (χ0v) is 24.9. The van der Waals surface area contributed by atoms with Crippen molar-refractivity contribution < 1.29 is 30.8 Å². The highest BCUT2D eigenvalue weighted by molar-refractivity contribution is 7.89. The number of carbonyl (C=O) groups is 1. The fraction of sp³-hybridized carbons (Fsp3) is 0.242. The minimum atomic E-state index is -3.70. The van der Waals surface area contributed by atoms with Gasteiger partial charge in [-0.05, 0) is 90.0 Å². The van der Waals surface area contributed by atoms with Gasteiger partial charge in [0.25, 0.3) is 0 Å². The summed E-state index contributed by atoms with van der Waals surface area (Å²) in [5.74, 6) is -4.85. The summed E-state index contributed by atoms with van der Waals surface area (Å²) in [5, 5.41) is 3.69. The molecule has 45 heavy (non-hydrogen) atoms. The van der Waals surface area contributed by atoms with Crippen LogP contribution in [0.5, 0.6) is 0 Å². The van der Waals surface area contributed by atoms with Crippen molar-refractivity contribution >= 4 is 15.8 Å². The first kappa shape index (κ1) is 31.9. The van der Waals surface area contributed by atoms with Gasteiger partial charge in [0.1, 0.15) is 35.1 Å². The van der Waals surface area contributed by atoms with E-state index in [0.717, 1.165) is 29.8 Å². The van der Waals surface area contributed by atoms with Crippen LogP contribution >= 0.6 is 0 Å². The quantitative estimate of drug-likeness (QED) is 0.0541. The first-order valence-electron chi connectivity index (χ1n) is 14.1. The van der Waals surface area contributed by atoms with Gasteiger partial charge in [0.15, 0.2) is 0 Å². The summed E-state index contributed by atoms with van der Waals surface area (Å²) >= 11 is 0. The van der Waals surface area contributed by atoms with Gasteiger partial charge in [0.2, 0.25) is 10.0 Å². The number of sulfonamides is 1. The van der Waals surface area contributed by atoms with Gasteiger partial charge in [-0.2, -0.15) is 4.31 Å². The van der Waals surface area contributed by atoms with E-state index in [1.807, 2.05) is 6.92 Å². The Bertz CT molecular complexity index is 1860. The number of hydrogen-bond donors (Lipinski definition) is 0. The van der Waals surface area contributed by atoms with Crippen LogP contribution in [-0.4, -0.2) is 37.1 Å². The molecule has 1 unspecified atom stereocenters. The maximum Gasteiger partial charge on any atom is 0.243 e. The predicted molar refractivity (Wildman–Crippen MR) is 160 cm³/mol. The van der Waals surface area contributed by atoms with Crippen LogP contribution in [0.1, 0.15) is 40.2 Å². The zero-order chi connectivity index (χ0) is 32.3. The lowest BCUT2D eigenvalue weighted by atomic mass is 9.81. The van der Waals surface area contributed by atoms with Crippen molar-refractivity contribution in [1.29, 1.82) is 0 Å². The molecule has 232 valence electrons. The average molecular weight is 637 g/mol. The summed E-state index contributed by atoms with van der Waals surface area (Å²) in [4.78, 5) is 16.7. The van der Waals surface area contributed by atoms with E-state index in [-0.39, 0.29) is 47.0 Å². The number of Topliss-reactive ketones (excluding diaryl/α,β-unsaturated/α-hetero) is 1. The van der Waals surface area contributed by atoms with Crippen molar-refractivity contribution in [1.82, 2.24) is 4.31 Å². The Morgan fingerprint density at radius 1 is 0.933 bits per heavy atom. The third kappa shape index (κ3) is 7.25. The minimum absolute atomic E-state index is 0.00654. The molecule has 0 radical (unpaired) electrons. The van der Waals surface area contributed by atoms with Crippen molar-refractivity contribution in [3.63, 3.8) is 0 Å². The Kier molecular flexibility index (Phi) is 9.38. The number of halogens is 4. The highest BCUT2D eigenvalue weighted by Gasteiger charge is 2.44. The second-order valence-electron chi connectivity index (χ2n) is 11.0. The van der Waals surface area contributed by atoms with Crippen molar-refractivity contribution in [3.05, 3.63) is 146 Å². The standard InChI is InChI=1S/C33H28F4N4O3S/c1-20-5-12-28(13-6-20)45(43,44)41-19-27(41)11-14-29-22(3-2-4-30(29)37)17-31(42)33(39-40-38)32(21-7-9-24(34)10-8-21)23-15-25(35)18-26(36)16-23/h2-10,12-13,15-16,18,27,32-33H,11,14,17,19H2,1H3/t27-,32-,33+,41?/m0/s1. The molecule has 4 atom stereocenters. The molecule has 4 aromatic rings. The summed E-state index contributed by atoms with van der Waals surface area (Å²) in [7, 11) is -3.70. The highest BCUT2D eigenvalue weighted by atomic mass is 32.2. The van der Waals surface area contributed by atoms with E-state index in [9.17, 15) is 31.9 Å². The second-order valence-corrected chi connectivity index (χ2v) is 12.9. The van der Waals surface area contributed by atoms with Crippen molar-refractivity contribution in [2.24, 2.45) is 5.11 Å². The Labute approximate surface area is 257 Å². The smallest absolute Gasteiger partial charge is 0.243 e. The van der Waals surface area contributed by atoms with Gasteiger partial charge in [-0.1, -0.05) is 47.1 Å². The van der Waals surface area contributed by atoms with Crippen LogP contribution in [0.3, 0.4) is 0 Å². The number of aryl methyl sites for hydroxylation is 1. The molecule has 0 aromatic heterocycles. The molecular weight excluding hydrogens is 608 g/mol. The molecule has 1 aliphatic rings. The molecule has 1 fully saturated rings. The van der Waals surface area contributed by atoms with E-state index < -0.39 is 51.0 Å². The fourth-order valence-electron chi connectivity index (χ4n) is 5.54. The lowest BCUT2D eigenvalue weighted by Crippen LogP contribution is -2.29. The van der Waals surface area contributed by atoms with Gasteiger partial charge in [-0.15, -0.1) is 0 Å². The molecule has 0 N–H and O–H groups in total. The van der Waals surface area contributed by atoms with Gasteiger partial charge >= 0.3 is 0 Å². The Hall–Kier alpha value is -4.51. The molecule has 12 heteroatoms. The summed E-state index contributed by atoms with van der Waals surface area (Å²) in [6.45, 7) is 2.13. The summed E-state index contributed by atoms with van der Waals surface area (Å²) in [6.07, 6.45) is 0.0403. The molecular formula is C33H28F4N4O3S. The van der Waals surface area contributed by atoms with E-state index in [1.54, 1.807) is 18.2 Å². The monoisotopic (exact) mass is 636 g/mol. The van der Waals surface area contributed by atoms with E-state index in [4.69, 9.17) is 0 Å². The van der Waals surface area contributed by atoms with Gasteiger partial charge in [0.05, 0.1) is 4.90 Å². The maximum atomic E-state index is 15.1. The van der Waals surface area contributed by atoms with Crippen LogP contribution in [0.25, 0.3) is 10.4 Å². The Balaban J connectivity index is 1.39. The molecule has 0 spiro atoms. The third-order valence-electron chi connectivity index (χ3n) is 7.89. The van der Waals surface area contributed by atoms with Crippen LogP contribution in [-0.2, 0) is 27.7 Å². The largest absolute Gasteiger partial charge is 0.299 e. The van der Waals surface area contributed by atoms with Crippen molar-refractivity contribution in [3.8, 4) is 0 Å². The van der Waals surface area contributed by atoms with Crippen molar-refractivity contribution in [2.45, 2.75) is 49.1 Å². The van der Waals surface area contributed by atoms with Gasteiger partial charge < -0.3 is 0 Å². The molecule has 0 aliphatic carbocycles. The summed E-state index contributed by atoms with van der Waals surface area (Å²) in [5.41, 5.74) is 11.1. The van der Waals surface area contributed by atoms with E-state index in [1.165, 1.54) is 40.7 Å². The topological polar surface area (TPSA) is 103 Å². The normalized spacial score (nSPS) is 17.3. The number of ketones is 1. The van der Waals surface area contributed by atoms with E-state index in [2.05, 4.69) is 10.0 Å². The molecule has 7 nitrogen and oxygen atoms in total. The lowest BCUT2D eigenvalue weighted by Gasteiger charge is -2.24. The van der Waals surface area contributed by atoms with Crippen LogP contribution in [0, 0.1) is 30.2 Å². The maximum absolute atomic E-state index is 15.1. The molecule has 0 saturated carbocycles. The van der Waals surface area contributed by atoms with E-state index >= 15 is 4.39 Å². The van der Waals surface area contributed by atoms with Crippen LogP contribution in [0.15, 0.2) is 94.9 Å². The third-order valence-corrected chi connectivity index (χ3v) is 9.83. The van der Waals surface area contributed by atoms with E-state index in [0.29, 0.717) is 18.1 Å². The molecule has 4 aromatic carbocycles. The van der Waals surface area contributed by atoms with Crippen molar-refractivity contribution in [2.75, 3.05) is 6.54 Å². The molecule has 1 aliphatic heterocycles. The van der Waals surface area contributed by atoms with Crippen LogP contribution in [0.2, 0.25) is 0 Å². The summed E-state index contributed by atoms with van der Waals surface area (Å²) < 4.78 is 84.7. The number of nitrogens with zero attached hydrogens (tertiary/aromatic N) is 4. The molecule has 0 amide bonds. The molecule has 1 saturated heterocycles. The first-order valence-corrected chi connectivity index (χ1v) is 15.5. The minimum Gasteiger partial charge on any atom is -0.299 e. The Morgan fingerprint density at radius 2 is 1.60 bits per heavy atom. The van der Waals surface area contributed by atoms with Gasteiger partial charge in [0, 0.05) is 35.9 Å². The fourth-order valence-corrected chi connectivity index (χ4v) is 7.16. The number of azide groups is 1. The zero-order valence-electron chi connectivity index (χ0n) is 24.1. The highest BCUT2D eigenvalue weighted by Crippen LogP contribution is 2.34. The number of carbonyl (C=O) groups excluding carboxylic acids is 1. The molecule has 1 heterocycles. The van der Waals surface area contributed by atoms with Crippen LogP contribution in [0.4, 0.5) is 17.6 Å². The first-order chi connectivity index (χ1) is 21.5. The summed E-state index contributed by atoms with van der Waals surface area (Å²) in [6, 6.07) is 16.4. The lowest BCUT2D eigenvalue weighted by molar-refractivity contribution is -0.119. The number of rotatable bonds is 12.